The van der Waals surface area contributed by atoms with Crippen molar-refractivity contribution in [3.05, 3.63) is 40.5 Å². The summed E-state index contributed by atoms with van der Waals surface area (Å²) >= 11 is 6.17. The minimum absolute atomic E-state index is 0.0170. The fourth-order valence-electron chi connectivity index (χ4n) is 1.47. The fraction of sp³-hybridized carbons (Fsp3) is 0.0909. The lowest BCUT2D eigenvalue weighted by Crippen LogP contribution is -2.14. The van der Waals surface area contributed by atoms with E-state index in [0.717, 1.165) is 18.3 Å². The molecule has 2 rings (SSSR count). The van der Waals surface area contributed by atoms with E-state index in [2.05, 4.69) is 10.3 Å². The van der Waals surface area contributed by atoms with Crippen LogP contribution in [0.5, 0.6) is 0 Å². The molecular formula is C11H7ClF3N3O3S. The topological polar surface area (TPSA) is 85.7 Å². The molecule has 0 spiro atoms. The van der Waals surface area contributed by atoms with Crippen LogP contribution in [0.1, 0.15) is 15.9 Å². The lowest BCUT2D eigenvalue weighted by atomic mass is 10.1. The second kappa shape index (κ2) is 6.08. The van der Waals surface area contributed by atoms with Gasteiger partial charge < -0.3 is 0 Å². The second-order valence-electron chi connectivity index (χ2n) is 3.94. The van der Waals surface area contributed by atoms with E-state index in [0.29, 0.717) is 17.4 Å². The average molecular weight is 354 g/mol. The Labute approximate surface area is 130 Å². The minimum Gasteiger partial charge on any atom is -0.298 e. The number of thiazole rings is 1. The lowest BCUT2D eigenvalue weighted by molar-refractivity contribution is -0.137. The first-order valence-electron chi connectivity index (χ1n) is 5.50. The van der Waals surface area contributed by atoms with E-state index in [1.165, 1.54) is 0 Å². The van der Waals surface area contributed by atoms with Crippen molar-refractivity contribution in [2.45, 2.75) is 6.18 Å². The molecule has 6 nitrogen and oxygen atoms in total. The van der Waals surface area contributed by atoms with E-state index >= 15 is 0 Å². The van der Waals surface area contributed by atoms with E-state index < -0.39 is 22.7 Å². The van der Waals surface area contributed by atoms with Gasteiger partial charge in [0, 0.05) is 5.56 Å². The van der Waals surface area contributed by atoms with Crippen molar-refractivity contribution in [2.75, 3.05) is 10.5 Å². The molecule has 118 valence electrons. The number of amides is 1. The third-order valence-corrected chi connectivity index (χ3v) is 3.65. The van der Waals surface area contributed by atoms with Crippen LogP contribution >= 0.6 is 22.9 Å². The quantitative estimate of drug-likeness (QED) is 0.733. The van der Waals surface area contributed by atoms with Gasteiger partial charge in [0.15, 0.2) is 10.1 Å². The molecule has 22 heavy (non-hydrogen) atoms. The Morgan fingerprint density at radius 2 is 2.05 bits per heavy atom. The number of halogens is 4. The predicted molar refractivity (Wildman–Crippen MR) is 72.6 cm³/mol. The number of rotatable bonds is 3. The van der Waals surface area contributed by atoms with E-state index in [1.54, 1.807) is 0 Å². The van der Waals surface area contributed by atoms with Crippen molar-refractivity contribution < 1.29 is 28.4 Å². The molecule has 1 aromatic carbocycles. The first-order valence-corrected chi connectivity index (χ1v) is 6.69. The Balaban J connectivity index is 2.22. The first kappa shape index (κ1) is 16.5. The largest absolute Gasteiger partial charge is 0.417 e. The Bertz CT molecular complexity index is 705. The van der Waals surface area contributed by atoms with Crippen LogP contribution in [0.4, 0.5) is 23.3 Å². The summed E-state index contributed by atoms with van der Waals surface area (Å²) in [6, 6.07) is 2.72. The van der Waals surface area contributed by atoms with Crippen molar-refractivity contribution >= 4 is 39.0 Å². The van der Waals surface area contributed by atoms with Crippen LogP contribution in [-0.2, 0) is 6.18 Å². The maximum Gasteiger partial charge on any atom is 0.417 e. The molecule has 0 unspecified atom stereocenters. The van der Waals surface area contributed by atoms with Gasteiger partial charge in [-0.2, -0.15) is 13.2 Å². The molecule has 0 bridgehead atoms. The third kappa shape index (κ3) is 3.65. The smallest absolute Gasteiger partial charge is 0.298 e. The number of anilines is 2. The first-order chi connectivity index (χ1) is 10.2. The third-order valence-electron chi connectivity index (χ3n) is 2.45. The maximum absolute atomic E-state index is 12.7. The zero-order valence-corrected chi connectivity index (χ0v) is 12.0. The summed E-state index contributed by atoms with van der Waals surface area (Å²) in [6.07, 6.45) is -3.63. The van der Waals surface area contributed by atoms with Crippen LogP contribution in [0.3, 0.4) is 0 Å². The van der Waals surface area contributed by atoms with Gasteiger partial charge in [-0.3, -0.25) is 20.5 Å². The summed E-state index contributed by atoms with van der Waals surface area (Å²) in [5, 5.41) is 18.9. The maximum atomic E-state index is 12.7. The van der Waals surface area contributed by atoms with Crippen molar-refractivity contribution in [3.8, 4) is 0 Å². The number of carbonyl (C=O) groups is 1. The van der Waals surface area contributed by atoms with Crippen LogP contribution in [0.2, 0.25) is 5.02 Å². The Kier molecular flexibility index (Phi) is 4.56. The molecule has 0 aliphatic carbocycles. The predicted octanol–water partition coefficient (Wildman–Crippen LogP) is 3.65. The van der Waals surface area contributed by atoms with Crippen LogP contribution in [0.25, 0.3) is 0 Å². The molecule has 0 fully saturated rings. The van der Waals surface area contributed by atoms with Crippen molar-refractivity contribution in [1.82, 2.24) is 4.98 Å². The molecule has 0 aliphatic heterocycles. The number of carbonyl (C=O) groups excluding carboxylic acids is 1. The van der Waals surface area contributed by atoms with Gasteiger partial charge in [-0.05, 0) is 18.2 Å². The molecule has 3 N–H and O–H groups in total. The summed E-state index contributed by atoms with van der Waals surface area (Å²) in [4.78, 5) is 15.6. The van der Waals surface area contributed by atoms with Crippen LogP contribution < -0.4 is 10.5 Å². The van der Waals surface area contributed by atoms with E-state index in [1.807, 2.05) is 0 Å². The van der Waals surface area contributed by atoms with Gasteiger partial charge in [0.25, 0.3) is 5.91 Å². The molecule has 0 radical (unpaired) electrons. The van der Waals surface area contributed by atoms with Gasteiger partial charge in [0.1, 0.15) is 0 Å². The highest BCUT2D eigenvalue weighted by Gasteiger charge is 2.33. The standard InChI is InChI=1S/C11H7ClF3N3O3S/c12-7-2-1-5(3-6(7)11(13,14)15)9(19)17-10-16-4-8(22-10)18(20)21/h1-4,20-21H,(H,16,17,19). The summed E-state index contributed by atoms with van der Waals surface area (Å²) in [6.45, 7) is 0. The minimum atomic E-state index is -4.68. The van der Waals surface area contributed by atoms with Gasteiger partial charge in [0.2, 0.25) is 0 Å². The molecule has 0 aliphatic rings. The van der Waals surface area contributed by atoms with Crippen molar-refractivity contribution in [3.63, 3.8) is 0 Å². The summed E-state index contributed by atoms with van der Waals surface area (Å²) in [5.41, 5.74) is -1.39. The van der Waals surface area contributed by atoms with Crippen LogP contribution in [-0.4, -0.2) is 21.3 Å². The van der Waals surface area contributed by atoms with Gasteiger partial charge in [-0.15, -0.1) is 5.23 Å². The molecule has 0 saturated carbocycles. The van der Waals surface area contributed by atoms with Gasteiger partial charge >= 0.3 is 6.18 Å². The number of nitrogens with zero attached hydrogens (tertiary/aromatic N) is 2. The van der Waals surface area contributed by atoms with E-state index in [4.69, 9.17) is 22.0 Å². The monoisotopic (exact) mass is 353 g/mol. The highest BCUT2D eigenvalue weighted by atomic mass is 35.5. The molecular weight excluding hydrogens is 347 g/mol. The molecule has 2 aromatic rings. The molecule has 0 saturated heterocycles. The average Bonchev–Trinajstić information content (AvgIpc) is 2.86. The number of hydrogen-bond donors (Lipinski definition) is 3. The summed E-state index contributed by atoms with van der Waals surface area (Å²) in [5.74, 6) is -0.842. The number of alkyl halides is 3. The number of hydrogen-bond acceptors (Lipinski definition) is 6. The van der Waals surface area contributed by atoms with Gasteiger partial charge in [-0.25, -0.2) is 4.98 Å². The zero-order valence-electron chi connectivity index (χ0n) is 10.4. The number of benzene rings is 1. The Morgan fingerprint density at radius 3 is 2.59 bits per heavy atom. The summed E-state index contributed by atoms with van der Waals surface area (Å²) < 4.78 is 38.2. The van der Waals surface area contributed by atoms with Crippen LogP contribution in [0.15, 0.2) is 24.4 Å². The molecule has 1 heterocycles. The molecule has 1 amide bonds. The highest BCUT2D eigenvalue weighted by molar-refractivity contribution is 7.19. The Morgan fingerprint density at radius 1 is 1.36 bits per heavy atom. The molecule has 0 atom stereocenters. The van der Waals surface area contributed by atoms with Crippen LogP contribution in [0, 0.1) is 0 Å². The molecule has 11 heteroatoms. The lowest BCUT2D eigenvalue weighted by Gasteiger charge is -2.10. The van der Waals surface area contributed by atoms with E-state index in [9.17, 15) is 18.0 Å². The number of nitrogens with one attached hydrogen (secondary N) is 1. The SMILES string of the molecule is O=C(Nc1ncc(N(O)O)s1)c1ccc(Cl)c(C(F)(F)F)c1. The van der Waals surface area contributed by atoms with E-state index in [-0.39, 0.29) is 20.9 Å². The van der Waals surface area contributed by atoms with Gasteiger partial charge in [0.05, 0.1) is 16.8 Å². The van der Waals surface area contributed by atoms with Crippen molar-refractivity contribution in [2.24, 2.45) is 0 Å². The fourth-order valence-corrected chi connectivity index (χ4v) is 2.33. The second-order valence-corrected chi connectivity index (χ2v) is 5.36. The summed E-state index contributed by atoms with van der Waals surface area (Å²) in [7, 11) is 0. The van der Waals surface area contributed by atoms with Gasteiger partial charge in [-0.1, -0.05) is 22.9 Å². The molecule has 1 aromatic heterocycles. The zero-order chi connectivity index (χ0) is 16.5. The number of aromatic nitrogens is 1. The van der Waals surface area contributed by atoms with Crippen molar-refractivity contribution in [1.29, 1.82) is 0 Å². The Hall–Kier alpha value is -1.88. The highest BCUT2D eigenvalue weighted by Crippen LogP contribution is 2.35. The normalized spacial score (nSPS) is 11.4.